The number of nitrogens with one attached hydrogen (secondary N) is 1. The van der Waals surface area contributed by atoms with E-state index >= 15 is 0 Å². The lowest BCUT2D eigenvalue weighted by Gasteiger charge is -2.13. The number of ether oxygens (including phenoxy) is 1. The van der Waals surface area contributed by atoms with Crippen LogP contribution in [0.3, 0.4) is 0 Å². The first-order valence-electron chi connectivity index (χ1n) is 7.73. The van der Waals surface area contributed by atoms with Crippen LogP contribution in [0, 0.1) is 0 Å². The average Bonchev–Trinajstić information content (AvgIpc) is 2.59. The monoisotopic (exact) mass is 352 g/mol. The number of carbonyl (C=O) groups is 1. The molecule has 0 aromatic heterocycles. The number of hydrogen-bond acceptors (Lipinski definition) is 3. The Bertz CT molecular complexity index is 690. The Balaban J connectivity index is 1.74. The Morgan fingerprint density at radius 3 is 2.52 bits per heavy atom. The second kappa shape index (κ2) is 8.53. The van der Waals surface area contributed by atoms with Gasteiger partial charge in [0, 0.05) is 0 Å². The molecule has 2 rings (SSSR count). The third-order valence-corrected chi connectivity index (χ3v) is 3.47. The van der Waals surface area contributed by atoms with E-state index in [4.69, 9.17) is 10.5 Å². The molecule has 0 saturated heterocycles. The largest absolute Gasteiger partial charge is 0.492 e. The number of nitrogens with two attached hydrogens (primary N) is 1. The molecule has 2 aromatic rings. The van der Waals surface area contributed by atoms with Crippen molar-refractivity contribution in [1.82, 2.24) is 5.32 Å². The first kappa shape index (κ1) is 18.8. The van der Waals surface area contributed by atoms with Crippen LogP contribution in [0.5, 0.6) is 5.75 Å². The molecule has 0 saturated carbocycles. The van der Waals surface area contributed by atoms with Gasteiger partial charge in [0.1, 0.15) is 12.4 Å². The van der Waals surface area contributed by atoms with Gasteiger partial charge in [0.25, 0.3) is 0 Å². The number of benzene rings is 2. The van der Waals surface area contributed by atoms with Crippen LogP contribution in [-0.2, 0) is 17.4 Å². The summed E-state index contributed by atoms with van der Waals surface area (Å²) in [6.45, 7) is 0.197. The van der Waals surface area contributed by atoms with Crippen LogP contribution < -0.4 is 15.8 Å². The summed E-state index contributed by atoms with van der Waals surface area (Å²) in [7, 11) is 0. The second-order valence-corrected chi connectivity index (χ2v) is 5.46. The number of hydrogen-bond donors (Lipinski definition) is 2. The molecular formula is C18H19F3N2O2. The molecule has 0 heterocycles. The summed E-state index contributed by atoms with van der Waals surface area (Å²) < 4.78 is 43.0. The van der Waals surface area contributed by atoms with E-state index in [1.807, 2.05) is 30.3 Å². The topological polar surface area (TPSA) is 64.4 Å². The minimum absolute atomic E-state index is 0.0467. The van der Waals surface area contributed by atoms with Crippen molar-refractivity contribution >= 4 is 5.91 Å². The molecule has 0 radical (unpaired) electrons. The van der Waals surface area contributed by atoms with Crippen LogP contribution in [0.15, 0.2) is 54.6 Å². The zero-order chi connectivity index (χ0) is 18.3. The standard InChI is InChI=1S/C18H19F3N2O2/c19-18(20,21)14-7-4-8-15(12-14)25-10-9-23-17(24)16(22)11-13-5-2-1-3-6-13/h1-8,12,16H,9-11,22H2,(H,23,24)/t16-/m0/s1. The predicted molar refractivity (Wildman–Crippen MR) is 88.1 cm³/mol. The molecule has 0 aliphatic carbocycles. The highest BCUT2D eigenvalue weighted by molar-refractivity contribution is 5.81. The second-order valence-electron chi connectivity index (χ2n) is 5.46. The summed E-state index contributed by atoms with van der Waals surface area (Å²) in [4.78, 5) is 11.9. The van der Waals surface area contributed by atoms with Crippen LogP contribution in [0.25, 0.3) is 0 Å². The Morgan fingerprint density at radius 2 is 1.84 bits per heavy atom. The Morgan fingerprint density at radius 1 is 1.12 bits per heavy atom. The highest BCUT2D eigenvalue weighted by atomic mass is 19.4. The van der Waals surface area contributed by atoms with Crippen molar-refractivity contribution in [3.8, 4) is 5.75 Å². The van der Waals surface area contributed by atoms with Crippen LogP contribution in [0.2, 0.25) is 0 Å². The molecule has 0 spiro atoms. The fourth-order valence-corrected chi connectivity index (χ4v) is 2.20. The molecule has 0 unspecified atom stereocenters. The molecule has 4 nitrogen and oxygen atoms in total. The van der Waals surface area contributed by atoms with Crippen LogP contribution >= 0.6 is 0 Å². The highest BCUT2D eigenvalue weighted by Gasteiger charge is 2.30. The Kier molecular flexibility index (Phi) is 6.41. The smallest absolute Gasteiger partial charge is 0.416 e. The molecule has 7 heteroatoms. The summed E-state index contributed by atoms with van der Waals surface area (Å²) in [5.41, 5.74) is 6.00. The molecular weight excluding hydrogens is 333 g/mol. The van der Waals surface area contributed by atoms with E-state index in [0.717, 1.165) is 17.7 Å². The SMILES string of the molecule is N[C@@H](Cc1ccccc1)C(=O)NCCOc1cccc(C(F)(F)F)c1. The van der Waals surface area contributed by atoms with Gasteiger partial charge in [-0.3, -0.25) is 4.79 Å². The van der Waals surface area contributed by atoms with Gasteiger partial charge in [-0.25, -0.2) is 0 Å². The maximum absolute atomic E-state index is 12.6. The molecule has 0 bridgehead atoms. The first-order valence-corrected chi connectivity index (χ1v) is 7.73. The van der Waals surface area contributed by atoms with Crippen molar-refractivity contribution in [2.75, 3.05) is 13.2 Å². The van der Waals surface area contributed by atoms with Crippen molar-refractivity contribution in [2.45, 2.75) is 18.6 Å². The van der Waals surface area contributed by atoms with Crippen molar-refractivity contribution in [2.24, 2.45) is 5.73 Å². The van der Waals surface area contributed by atoms with Crippen molar-refractivity contribution in [3.05, 3.63) is 65.7 Å². The average molecular weight is 352 g/mol. The zero-order valence-corrected chi connectivity index (χ0v) is 13.4. The quantitative estimate of drug-likeness (QED) is 0.753. The fraction of sp³-hybridized carbons (Fsp3) is 0.278. The summed E-state index contributed by atoms with van der Waals surface area (Å²) in [5.74, 6) is -0.242. The van der Waals surface area contributed by atoms with Gasteiger partial charge >= 0.3 is 6.18 Å². The number of alkyl halides is 3. The summed E-state index contributed by atoms with van der Waals surface area (Å²) >= 11 is 0. The maximum Gasteiger partial charge on any atom is 0.416 e. The molecule has 0 fully saturated rings. The normalized spacial score (nSPS) is 12.5. The number of carbonyl (C=O) groups excluding carboxylic acids is 1. The third-order valence-electron chi connectivity index (χ3n) is 3.47. The Labute approximate surface area is 143 Å². The molecule has 0 aliphatic heterocycles. The molecule has 2 aromatic carbocycles. The molecule has 25 heavy (non-hydrogen) atoms. The maximum atomic E-state index is 12.6. The molecule has 1 amide bonds. The zero-order valence-electron chi connectivity index (χ0n) is 13.4. The molecule has 134 valence electrons. The highest BCUT2D eigenvalue weighted by Crippen LogP contribution is 2.31. The van der Waals surface area contributed by atoms with Crippen LogP contribution in [0.1, 0.15) is 11.1 Å². The summed E-state index contributed by atoms with van der Waals surface area (Å²) in [5, 5.41) is 2.61. The van der Waals surface area contributed by atoms with Gasteiger partial charge in [0.15, 0.2) is 0 Å². The van der Waals surface area contributed by atoms with E-state index in [-0.39, 0.29) is 24.8 Å². The summed E-state index contributed by atoms with van der Waals surface area (Å²) in [6, 6.07) is 13.3. The van der Waals surface area contributed by atoms with E-state index in [2.05, 4.69) is 5.32 Å². The van der Waals surface area contributed by atoms with Gasteiger partial charge in [-0.15, -0.1) is 0 Å². The van der Waals surface area contributed by atoms with Crippen LogP contribution in [-0.4, -0.2) is 25.1 Å². The van der Waals surface area contributed by atoms with Gasteiger partial charge in [0.2, 0.25) is 5.91 Å². The molecule has 1 atom stereocenters. The fourth-order valence-electron chi connectivity index (χ4n) is 2.20. The Hall–Kier alpha value is -2.54. The van der Waals surface area contributed by atoms with Gasteiger partial charge in [-0.1, -0.05) is 36.4 Å². The number of amides is 1. The first-order chi connectivity index (χ1) is 11.9. The van der Waals surface area contributed by atoms with Gasteiger partial charge in [0.05, 0.1) is 18.2 Å². The van der Waals surface area contributed by atoms with E-state index in [0.29, 0.717) is 6.42 Å². The van der Waals surface area contributed by atoms with E-state index in [1.54, 1.807) is 0 Å². The lowest BCUT2D eigenvalue weighted by atomic mass is 10.1. The van der Waals surface area contributed by atoms with Crippen LogP contribution in [0.4, 0.5) is 13.2 Å². The van der Waals surface area contributed by atoms with Gasteiger partial charge in [-0.2, -0.15) is 13.2 Å². The number of halogens is 3. The minimum atomic E-state index is -4.42. The lowest BCUT2D eigenvalue weighted by Crippen LogP contribution is -2.43. The van der Waals surface area contributed by atoms with E-state index in [1.165, 1.54) is 12.1 Å². The number of rotatable bonds is 7. The van der Waals surface area contributed by atoms with Crippen molar-refractivity contribution < 1.29 is 22.7 Å². The third kappa shape index (κ3) is 6.11. The summed E-state index contributed by atoms with van der Waals surface area (Å²) in [6.07, 6.45) is -4.01. The predicted octanol–water partition coefficient (Wildman–Crippen LogP) is 2.77. The van der Waals surface area contributed by atoms with Gasteiger partial charge in [-0.05, 0) is 30.2 Å². The van der Waals surface area contributed by atoms with E-state index in [9.17, 15) is 18.0 Å². The lowest BCUT2D eigenvalue weighted by molar-refractivity contribution is -0.137. The van der Waals surface area contributed by atoms with Crippen molar-refractivity contribution in [1.29, 1.82) is 0 Å². The van der Waals surface area contributed by atoms with E-state index < -0.39 is 17.8 Å². The molecule has 3 N–H and O–H groups in total. The van der Waals surface area contributed by atoms with Crippen molar-refractivity contribution in [3.63, 3.8) is 0 Å². The van der Waals surface area contributed by atoms with Gasteiger partial charge < -0.3 is 15.8 Å². The molecule has 0 aliphatic rings. The minimum Gasteiger partial charge on any atom is -0.492 e.